The summed E-state index contributed by atoms with van der Waals surface area (Å²) in [6.45, 7) is 2.47. The van der Waals surface area contributed by atoms with Crippen LogP contribution in [0.4, 0.5) is 11.5 Å². The highest BCUT2D eigenvalue weighted by molar-refractivity contribution is 5.99. The van der Waals surface area contributed by atoms with E-state index in [2.05, 4.69) is 10.3 Å². The summed E-state index contributed by atoms with van der Waals surface area (Å²) in [5, 5.41) is 2.51. The van der Waals surface area contributed by atoms with Gasteiger partial charge in [-0.15, -0.1) is 0 Å². The Hall–Kier alpha value is -2.31. The summed E-state index contributed by atoms with van der Waals surface area (Å²) in [7, 11) is 1.54. The summed E-state index contributed by atoms with van der Waals surface area (Å²) in [4.78, 5) is 28.5. The van der Waals surface area contributed by atoms with Crippen molar-refractivity contribution in [1.82, 2.24) is 10.3 Å². The molecule has 0 atom stereocenters. The molecule has 0 fully saturated rings. The van der Waals surface area contributed by atoms with Gasteiger partial charge in [-0.1, -0.05) is 0 Å². The van der Waals surface area contributed by atoms with Gasteiger partial charge in [0.15, 0.2) is 0 Å². The van der Waals surface area contributed by atoms with Crippen LogP contribution in [0.5, 0.6) is 0 Å². The van der Waals surface area contributed by atoms with E-state index in [0.29, 0.717) is 18.1 Å². The van der Waals surface area contributed by atoms with Crippen LogP contribution in [0, 0.1) is 0 Å². The second-order valence-electron chi connectivity index (χ2n) is 3.69. The number of rotatable bonds is 5. The van der Waals surface area contributed by atoms with Gasteiger partial charge in [0.1, 0.15) is 5.82 Å². The number of anilines is 2. The van der Waals surface area contributed by atoms with Crippen molar-refractivity contribution in [2.24, 2.45) is 5.73 Å². The molecule has 0 aliphatic rings. The molecule has 0 unspecified atom stereocenters. The first-order chi connectivity index (χ1) is 8.49. The van der Waals surface area contributed by atoms with Crippen LogP contribution in [-0.4, -0.2) is 36.9 Å². The zero-order valence-corrected chi connectivity index (χ0v) is 10.4. The third kappa shape index (κ3) is 3.09. The number of nitrogens with two attached hydrogens (primary N) is 2. The Morgan fingerprint density at radius 3 is 2.67 bits per heavy atom. The van der Waals surface area contributed by atoms with Crippen molar-refractivity contribution < 1.29 is 9.59 Å². The normalized spacial score (nSPS) is 9.89. The average molecular weight is 251 g/mol. The van der Waals surface area contributed by atoms with Gasteiger partial charge in [0.05, 0.1) is 24.0 Å². The molecule has 7 nitrogen and oxygen atoms in total. The molecule has 0 aromatic carbocycles. The topological polar surface area (TPSA) is 114 Å². The third-order valence-electron chi connectivity index (χ3n) is 2.45. The molecule has 18 heavy (non-hydrogen) atoms. The van der Waals surface area contributed by atoms with Crippen molar-refractivity contribution in [3.8, 4) is 0 Å². The number of hydrogen-bond acceptors (Lipinski definition) is 5. The lowest BCUT2D eigenvalue weighted by Gasteiger charge is -2.22. The summed E-state index contributed by atoms with van der Waals surface area (Å²) >= 11 is 0. The number of primary amides is 1. The van der Waals surface area contributed by atoms with Gasteiger partial charge in [-0.05, 0) is 13.0 Å². The minimum absolute atomic E-state index is 0.101. The SMILES string of the molecule is CCN(CC(=O)NC)c1ncc(N)cc1C(N)=O. The van der Waals surface area contributed by atoms with E-state index in [4.69, 9.17) is 11.5 Å². The number of carbonyl (C=O) groups excluding carboxylic acids is 2. The standard InChI is InChI=1S/C11H17N5O2/c1-3-16(6-9(17)14-2)11-8(10(13)18)4-7(12)5-15-11/h4-5H,3,6,12H2,1-2H3,(H2,13,18)(H,14,17). The molecule has 0 bridgehead atoms. The number of carbonyl (C=O) groups is 2. The Morgan fingerprint density at radius 1 is 1.50 bits per heavy atom. The third-order valence-corrected chi connectivity index (χ3v) is 2.45. The van der Waals surface area contributed by atoms with Crippen molar-refractivity contribution in [2.75, 3.05) is 30.8 Å². The van der Waals surface area contributed by atoms with E-state index in [0.717, 1.165) is 0 Å². The average Bonchev–Trinajstić information content (AvgIpc) is 2.35. The fraction of sp³-hybridized carbons (Fsp3) is 0.364. The minimum atomic E-state index is -0.625. The number of amides is 2. The highest BCUT2D eigenvalue weighted by Crippen LogP contribution is 2.19. The first-order valence-electron chi connectivity index (χ1n) is 5.50. The number of aromatic nitrogens is 1. The molecule has 0 spiro atoms. The molecule has 98 valence electrons. The molecule has 1 heterocycles. The van der Waals surface area contributed by atoms with Crippen LogP contribution in [0.3, 0.4) is 0 Å². The van der Waals surface area contributed by atoms with E-state index in [1.165, 1.54) is 12.3 Å². The number of likely N-dealkylation sites (N-methyl/N-ethyl adjacent to an activating group) is 2. The molecular weight excluding hydrogens is 234 g/mol. The van der Waals surface area contributed by atoms with Crippen molar-refractivity contribution >= 4 is 23.3 Å². The Bertz CT molecular complexity index is 461. The maximum absolute atomic E-state index is 11.4. The zero-order chi connectivity index (χ0) is 13.7. The molecule has 0 radical (unpaired) electrons. The van der Waals surface area contributed by atoms with Crippen LogP contribution in [0.2, 0.25) is 0 Å². The second-order valence-corrected chi connectivity index (χ2v) is 3.69. The molecule has 0 aliphatic carbocycles. The van der Waals surface area contributed by atoms with Crippen molar-refractivity contribution in [3.05, 3.63) is 17.8 Å². The molecule has 2 amide bonds. The van der Waals surface area contributed by atoms with E-state index in [9.17, 15) is 9.59 Å². The Balaban J connectivity index is 3.12. The van der Waals surface area contributed by atoms with Crippen molar-refractivity contribution in [1.29, 1.82) is 0 Å². The molecule has 1 rings (SSSR count). The quantitative estimate of drug-likeness (QED) is 0.642. The van der Waals surface area contributed by atoms with Crippen molar-refractivity contribution in [3.63, 3.8) is 0 Å². The molecular formula is C11H17N5O2. The Labute approximate surface area is 105 Å². The van der Waals surface area contributed by atoms with Gasteiger partial charge in [-0.25, -0.2) is 4.98 Å². The number of nitrogens with one attached hydrogen (secondary N) is 1. The predicted molar refractivity (Wildman–Crippen MR) is 69.1 cm³/mol. The van der Waals surface area contributed by atoms with Crippen molar-refractivity contribution in [2.45, 2.75) is 6.92 Å². The zero-order valence-electron chi connectivity index (χ0n) is 10.4. The van der Waals surface area contributed by atoms with E-state index in [1.807, 2.05) is 6.92 Å². The number of hydrogen-bond donors (Lipinski definition) is 3. The maximum Gasteiger partial charge on any atom is 0.252 e. The molecule has 5 N–H and O–H groups in total. The summed E-state index contributed by atoms with van der Waals surface area (Å²) in [6, 6.07) is 1.46. The van der Waals surface area contributed by atoms with Crippen LogP contribution in [0.15, 0.2) is 12.3 Å². The van der Waals surface area contributed by atoms with Gasteiger partial charge in [0.2, 0.25) is 5.91 Å². The number of nitrogen functional groups attached to an aromatic ring is 1. The fourth-order valence-electron chi connectivity index (χ4n) is 1.50. The van der Waals surface area contributed by atoms with Gasteiger partial charge in [0, 0.05) is 13.6 Å². The van der Waals surface area contributed by atoms with E-state index < -0.39 is 5.91 Å². The van der Waals surface area contributed by atoms with Gasteiger partial charge in [-0.2, -0.15) is 0 Å². The second kappa shape index (κ2) is 5.85. The summed E-state index contributed by atoms with van der Waals surface area (Å²) in [5.41, 5.74) is 11.4. The highest BCUT2D eigenvalue weighted by Gasteiger charge is 2.17. The Morgan fingerprint density at radius 2 is 2.17 bits per heavy atom. The molecule has 0 saturated heterocycles. The van der Waals surface area contributed by atoms with Crippen LogP contribution >= 0.6 is 0 Å². The van der Waals surface area contributed by atoms with Gasteiger partial charge in [-0.3, -0.25) is 9.59 Å². The lowest BCUT2D eigenvalue weighted by atomic mass is 10.2. The maximum atomic E-state index is 11.4. The first kappa shape index (κ1) is 13.8. The number of pyridine rings is 1. The Kier molecular flexibility index (Phi) is 4.47. The summed E-state index contributed by atoms with van der Waals surface area (Å²) in [6.07, 6.45) is 1.42. The fourth-order valence-corrected chi connectivity index (χ4v) is 1.50. The molecule has 1 aromatic heterocycles. The van der Waals surface area contributed by atoms with Gasteiger partial charge < -0.3 is 21.7 Å². The van der Waals surface area contributed by atoms with Crippen LogP contribution in [0.1, 0.15) is 17.3 Å². The lowest BCUT2D eigenvalue weighted by molar-refractivity contribution is -0.119. The van der Waals surface area contributed by atoms with Crippen LogP contribution < -0.4 is 21.7 Å². The first-order valence-corrected chi connectivity index (χ1v) is 5.50. The molecule has 0 saturated carbocycles. The smallest absolute Gasteiger partial charge is 0.252 e. The molecule has 0 aliphatic heterocycles. The highest BCUT2D eigenvalue weighted by atomic mass is 16.2. The summed E-state index contributed by atoms with van der Waals surface area (Å²) < 4.78 is 0. The minimum Gasteiger partial charge on any atom is -0.397 e. The van der Waals surface area contributed by atoms with E-state index in [1.54, 1.807) is 11.9 Å². The van der Waals surface area contributed by atoms with Gasteiger partial charge >= 0.3 is 0 Å². The van der Waals surface area contributed by atoms with E-state index in [-0.39, 0.29) is 18.0 Å². The van der Waals surface area contributed by atoms with Crippen LogP contribution in [-0.2, 0) is 4.79 Å². The monoisotopic (exact) mass is 251 g/mol. The van der Waals surface area contributed by atoms with Crippen LogP contribution in [0.25, 0.3) is 0 Å². The number of nitrogens with zero attached hydrogens (tertiary/aromatic N) is 2. The largest absolute Gasteiger partial charge is 0.397 e. The predicted octanol–water partition coefficient (Wildman–Crippen LogP) is -0.665. The summed E-state index contributed by atoms with van der Waals surface area (Å²) in [5.74, 6) is -0.436. The lowest BCUT2D eigenvalue weighted by Crippen LogP contribution is -2.37. The molecule has 1 aromatic rings. The van der Waals surface area contributed by atoms with E-state index >= 15 is 0 Å². The van der Waals surface area contributed by atoms with Gasteiger partial charge in [0.25, 0.3) is 5.91 Å². The molecule has 7 heteroatoms.